The number of nitrogens with zero attached hydrogens (tertiary/aromatic N) is 1. The van der Waals surface area contributed by atoms with E-state index >= 15 is 0 Å². The van der Waals surface area contributed by atoms with Gasteiger partial charge in [-0.2, -0.15) is 0 Å². The van der Waals surface area contributed by atoms with Crippen LogP contribution in [-0.4, -0.2) is 47.6 Å². The first-order valence-corrected chi connectivity index (χ1v) is 8.34. The molecule has 0 aromatic carbocycles. The van der Waals surface area contributed by atoms with Crippen LogP contribution in [0.3, 0.4) is 0 Å². The maximum absolute atomic E-state index is 13.1. The first-order valence-electron chi connectivity index (χ1n) is 8.34. The number of hydrogen-bond acceptors (Lipinski definition) is 3. The summed E-state index contributed by atoms with van der Waals surface area (Å²) in [4.78, 5) is 27.1. The van der Waals surface area contributed by atoms with Gasteiger partial charge in [0.1, 0.15) is 5.54 Å². The molecule has 5 nitrogen and oxygen atoms in total. The van der Waals surface area contributed by atoms with E-state index in [2.05, 4.69) is 5.32 Å². The fourth-order valence-electron chi connectivity index (χ4n) is 3.98. The molecule has 1 N–H and O–H groups in total. The van der Waals surface area contributed by atoms with E-state index in [9.17, 15) is 9.59 Å². The molecular formula is C16H26N2O3. The summed E-state index contributed by atoms with van der Waals surface area (Å²) in [5, 5.41) is 3.03. The Hall–Kier alpha value is -1.10. The molecule has 2 saturated heterocycles. The molecule has 2 unspecified atom stereocenters. The van der Waals surface area contributed by atoms with Gasteiger partial charge in [0.05, 0.1) is 6.10 Å². The third-order valence-corrected chi connectivity index (χ3v) is 5.19. The third kappa shape index (κ3) is 2.93. The maximum Gasteiger partial charge on any atom is 0.248 e. The third-order valence-electron chi connectivity index (χ3n) is 5.19. The number of carbonyl (C=O) groups is 2. The van der Waals surface area contributed by atoms with E-state index in [1.165, 1.54) is 6.42 Å². The molecule has 2 amide bonds. The fraction of sp³-hybridized carbons (Fsp3) is 0.875. The molecule has 118 valence electrons. The van der Waals surface area contributed by atoms with Crippen LogP contribution in [0.25, 0.3) is 0 Å². The van der Waals surface area contributed by atoms with Crippen molar-refractivity contribution in [1.29, 1.82) is 0 Å². The molecule has 1 saturated carbocycles. The van der Waals surface area contributed by atoms with Crippen LogP contribution in [-0.2, 0) is 14.3 Å². The minimum atomic E-state index is -0.628. The Morgan fingerprint density at radius 2 is 2.00 bits per heavy atom. The SMILES string of the molecule is CC1CC(=O)NC2(CCCC2)C(=O)N1CC1CCCCO1. The van der Waals surface area contributed by atoms with Crippen molar-refractivity contribution in [3.8, 4) is 0 Å². The van der Waals surface area contributed by atoms with Crippen molar-refractivity contribution in [2.24, 2.45) is 0 Å². The Balaban J connectivity index is 1.78. The van der Waals surface area contributed by atoms with Gasteiger partial charge in [0.2, 0.25) is 11.8 Å². The van der Waals surface area contributed by atoms with Gasteiger partial charge in [0, 0.05) is 25.6 Å². The van der Waals surface area contributed by atoms with Crippen molar-refractivity contribution in [2.75, 3.05) is 13.2 Å². The minimum Gasteiger partial charge on any atom is -0.376 e. The lowest BCUT2D eigenvalue weighted by molar-refractivity contribution is -0.142. The molecule has 0 radical (unpaired) electrons. The molecule has 0 bridgehead atoms. The summed E-state index contributed by atoms with van der Waals surface area (Å²) < 4.78 is 5.80. The molecule has 2 aliphatic heterocycles. The van der Waals surface area contributed by atoms with Gasteiger partial charge in [0.15, 0.2) is 0 Å². The quantitative estimate of drug-likeness (QED) is 0.841. The summed E-state index contributed by atoms with van der Waals surface area (Å²) in [5.74, 6) is 0.136. The molecule has 2 heterocycles. The Morgan fingerprint density at radius 1 is 1.24 bits per heavy atom. The van der Waals surface area contributed by atoms with Crippen LogP contribution in [0.15, 0.2) is 0 Å². The van der Waals surface area contributed by atoms with E-state index in [-0.39, 0.29) is 24.0 Å². The average Bonchev–Trinajstić information content (AvgIpc) is 2.91. The standard InChI is InChI=1S/C16H26N2O3/c1-12-10-14(19)17-16(7-3-4-8-16)15(20)18(12)11-13-6-2-5-9-21-13/h12-13H,2-11H2,1H3,(H,17,19). The van der Waals surface area contributed by atoms with E-state index in [0.717, 1.165) is 45.1 Å². The summed E-state index contributed by atoms with van der Waals surface area (Å²) >= 11 is 0. The highest BCUT2D eigenvalue weighted by molar-refractivity contribution is 5.94. The summed E-state index contributed by atoms with van der Waals surface area (Å²) in [5.41, 5.74) is -0.628. The largest absolute Gasteiger partial charge is 0.376 e. The van der Waals surface area contributed by atoms with E-state index in [1.807, 2.05) is 11.8 Å². The Bertz CT molecular complexity index is 412. The van der Waals surface area contributed by atoms with Gasteiger partial charge >= 0.3 is 0 Å². The van der Waals surface area contributed by atoms with Crippen molar-refractivity contribution in [3.05, 3.63) is 0 Å². The van der Waals surface area contributed by atoms with Gasteiger partial charge in [-0.05, 0) is 39.0 Å². The lowest BCUT2D eigenvalue weighted by atomic mass is 9.95. The Kier molecular flexibility index (Phi) is 4.20. The molecular weight excluding hydrogens is 268 g/mol. The maximum atomic E-state index is 13.1. The number of ether oxygens (including phenoxy) is 1. The molecule has 0 aromatic rings. The smallest absolute Gasteiger partial charge is 0.248 e. The molecule has 0 aromatic heterocycles. The Labute approximate surface area is 126 Å². The van der Waals surface area contributed by atoms with Crippen molar-refractivity contribution in [3.63, 3.8) is 0 Å². The van der Waals surface area contributed by atoms with Crippen LogP contribution in [0.4, 0.5) is 0 Å². The first kappa shape index (κ1) is 14.8. The lowest BCUT2D eigenvalue weighted by Crippen LogP contribution is -2.57. The second-order valence-corrected chi connectivity index (χ2v) is 6.84. The average molecular weight is 294 g/mol. The molecule has 2 atom stereocenters. The van der Waals surface area contributed by atoms with E-state index < -0.39 is 5.54 Å². The van der Waals surface area contributed by atoms with Crippen LogP contribution < -0.4 is 5.32 Å². The van der Waals surface area contributed by atoms with Gasteiger partial charge in [0.25, 0.3) is 0 Å². The zero-order valence-electron chi connectivity index (χ0n) is 12.9. The molecule has 3 aliphatic rings. The number of carbonyl (C=O) groups excluding carboxylic acids is 2. The number of amides is 2. The second-order valence-electron chi connectivity index (χ2n) is 6.84. The van der Waals surface area contributed by atoms with Crippen molar-refractivity contribution in [2.45, 2.75) is 76.0 Å². The zero-order valence-corrected chi connectivity index (χ0v) is 12.9. The predicted molar refractivity (Wildman–Crippen MR) is 78.7 cm³/mol. The first-order chi connectivity index (χ1) is 10.1. The van der Waals surface area contributed by atoms with Gasteiger partial charge in [-0.1, -0.05) is 12.8 Å². The topological polar surface area (TPSA) is 58.6 Å². The van der Waals surface area contributed by atoms with E-state index in [1.54, 1.807) is 0 Å². The summed E-state index contributed by atoms with van der Waals surface area (Å²) in [6.45, 7) is 3.41. The summed E-state index contributed by atoms with van der Waals surface area (Å²) in [7, 11) is 0. The summed E-state index contributed by atoms with van der Waals surface area (Å²) in [6, 6.07) is -0.0389. The summed E-state index contributed by atoms with van der Waals surface area (Å²) in [6.07, 6.45) is 7.45. The highest BCUT2D eigenvalue weighted by Gasteiger charge is 2.48. The number of rotatable bonds is 2. The monoisotopic (exact) mass is 294 g/mol. The van der Waals surface area contributed by atoms with Crippen LogP contribution in [0.5, 0.6) is 0 Å². The van der Waals surface area contributed by atoms with Gasteiger partial charge in [-0.3, -0.25) is 9.59 Å². The van der Waals surface area contributed by atoms with E-state index in [4.69, 9.17) is 4.74 Å². The highest BCUT2D eigenvalue weighted by Crippen LogP contribution is 2.34. The molecule has 1 aliphatic carbocycles. The highest BCUT2D eigenvalue weighted by atomic mass is 16.5. The minimum absolute atomic E-state index is 0.0183. The van der Waals surface area contributed by atoms with Crippen molar-refractivity contribution < 1.29 is 14.3 Å². The van der Waals surface area contributed by atoms with E-state index in [0.29, 0.717) is 13.0 Å². The van der Waals surface area contributed by atoms with Gasteiger partial charge in [-0.25, -0.2) is 0 Å². The van der Waals surface area contributed by atoms with Crippen LogP contribution in [0.2, 0.25) is 0 Å². The molecule has 1 spiro atoms. The second kappa shape index (κ2) is 5.95. The van der Waals surface area contributed by atoms with Gasteiger partial charge < -0.3 is 15.0 Å². The van der Waals surface area contributed by atoms with Crippen LogP contribution in [0.1, 0.15) is 58.3 Å². The van der Waals surface area contributed by atoms with Crippen LogP contribution >= 0.6 is 0 Å². The van der Waals surface area contributed by atoms with Crippen molar-refractivity contribution in [1.82, 2.24) is 10.2 Å². The normalized spacial score (nSPS) is 33.1. The number of nitrogens with one attached hydrogen (secondary N) is 1. The Morgan fingerprint density at radius 3 is 2.67 bits per heavy atom. The predicted octanol–water partition coefficient (Wildman–Crippen LogP) is 1.61. The fourth-order valence-corrected chi connectivity index (χ4v) is 3.98. The molecule has 3 fully saturated rings. The number of hydrogen-bond donors (Lipinski definition) is 1. The molecule has 21 heavy (non-hydrogen) atoms. The lowest BCUT2D eigenvalue weighted by Gasteiger charge is -2.37. The van der Waals surface area contributed by atoms with Crippen LogP contribution in [0, 0.1) is 0 Å². The molecule has 3 rings (SSSR count). The van der Waals surface area contributed by atoms with Gasteiger partial charge in [-0.15, -0.1) is 0 Å². The zero-order chi connectivity index (χ0) is 14.9. The van der Waals surface area contributed by atoms with Crippen molar-refractivity contribution >= 4 is 11.8 Å². The molecule has 5 heteroatoms.